The lowest BCUT2D eigenvalue weighted by Crippen LogP contribution is -2.19. The zero-order valence-corrected chi connectivity index (χ0v) is 16.6. The summed E-state index contributed by atoms with van der Waals surface area (Å²) < 4.78 is 16.2. The van der Waals surface area contributed by atoms with Crippen molar-refractivity contribution in [1.29, 1.82) is 0 Å². The van der Waals surface area contributed by atoms with E-state index in [9.17, 15) is 9.18 Å². The minimum Gasteiger partial charge on any atom is -0.311 e. The third-order valence-corrected chi connectivity index (χ3v) is 6.14. The molecule has 0 spiro atoms. The average molecular weight is 407 g/mol. The largest absolute Gasteiger partial charge is 0.311 e. The van der Waals surface area contributed by atoms with Crippen molar-refractivity contribution in [2.75, 3.05) is 0 Å². The van der Waals surface area contributed by atoms with E-state index in [0.717, 1.165) is 28.4 Å². The van der Waals surface area contributed by atoms with Gasteiger partial charge in [0.05, 0.1) is 17.1 Å². The van der Waals surface area contributed by atoms with Crippen LogP contribution in [0.5, 0.6) is 0 Å². The smallest absolute Gasteiger partial charge is 0.259 e. The molecule has 4 nitrogen and oxygen atoms in total. The van der Waals surface area contributed by atoms with Gasteiger partial charge in [0, 0.05) is 41.0 Å². The Labute approximate surface area is 177 Å². The van der Waals surface area contributed by atoms with E-state index in [1.165, 1.54) is 6.20 Å². The number of para-hydroxylation sites is 1. The van der Waals surface area contributed by atoms with Crippen molar-refractivity contribution < 1.29 is 4.39 Å². The number of hydrogen-bond donors (Lipinski definition) is 0. The summed E-state index contributed by atoms with van der Waals surface area (Å²) in [5.41, 5.74) is 2.85. The number of aromatic nitrogens is 3. The number of fused-ring (bicyclic) bond motifs is 2. The van der Waals surface area contributed by atoms with Crippen LogP contribution in [0.2, 0.25) is 0 Å². The maximum atomic E-state index is 14.4. The zero-order valence-electron chi connectivity index (χ0n) is 16.6. The molecule has 1 unspecified atom stereocenters. The number of hydrogen-bond acceptors (Lipinski definition) is 3. The molecular weight excluding hydrogens is 389 g/mol. The molecule has 0 N–H and O–H groups in total. The van der Waals surface area contributed by atoms with Crippen LogP contribution in [0.25, 0.3) is 32.8 Å². The highest BCUT2D eigenvalue weighted by atomic mass is 19.1. The molecule has 2 aromatic carbocycles. The van der Waals surface area contributed by atoms with Crippen LogP contribution in [0.1, 0.15) is 24.1 Å². The summed E-state index contributed by atoms with van der Waals surface area (Å²) in [5, 5.41) is 2.44. The van der Waals surface area contributed by atoms with Gasteiger partial charge in [-0.25, -0.2) is 4.39 Å². The topological polar surface area (TPSA) is 47.8 Å². The molecule has 150 valence electrons. The van der Waals surface area contributed by atoms with E-state index in [1.807, 2.05) is 48.7 Å². The highest BCUT2D eigenvalue weighted by Crippen LogP contribution is 2.50. The van der Waals surface area contributed by atoms with E-state index < -0.39 is 5.82 Å². The highest BCUT2D eigenvalue weighted by Gasteiger charge is 2.41. The molecule has 0 saturated heterocycles. The second-order valence-corrected chi connectivity index (χ2v) is 7.99. The lowest BCUT2D eigenvalue weighted by molar-refractivity contribution is 0.625. The van der Waals surface area contributed by atoms with Crippen LogP contribution in [-0.4, -0.2) is 14.5 Å². The number of rotatable bonds is 3. The summed E-state index contributed by atoms with van der Waals surface area (Å²) in [7, 11) is 0. The van der Waals surface area contributed by atoms with E-state index in [0.29, 0.717) is 16.5 Å². The number of halogens is 1. The van der Waals surface area contributed by atoms with Crippen LogP contribution < -0.4 is 5.56 Å². The number of nitrogens with zero attached hydrogens (tertiary/aromatic N) is 3. The standard InChI is InChI=1S/C26H18FN3O/c27-21-15-28-12-10-18(21)19-6-3-5-17-11-13-30(26(31)25(17)19)24-14-20(24)23-9-8-16-4-1-2-7-22(16)29-23/h1-13,15,20,24H,14H2/t20?,24-/m1/s1. The molecule has 0 amide bonds. The molecule has 0 bridgehead atoms. The van der Waals surface area contributed by atoms with E-state index in [1.54, 1.807) is 22.9 Å². The van der Waals surface area contributed by atoms with Crippen LogP contribution in [-0.2, 0) is 0 Å². The van der Waals surface area contributed by atoms with Gasteiger partial charge >= 0.3 is 0 Å². The Hall–Kier alpha value is -3.86. The van der Waals surface area contributed by atoms with Gasteiger partial charge in [0.15, 0.2) is 0 Å². The zero-order chi connectivity index (χ0) is 20.9. The fraction of sp³-hybridized carbons (Fsp3) is 0.115. The molecule has 1 saturated carbocycles. The van der Waals surface area contributed by atoms with Gasteiger partial charge in [0.25, 0.3) is 5.56 Å². The Morgan fingerprint density at radius 1 is 0.903 bits per heavy atom. The van der Waals surface area contributed by atoms with E-state index in [-0.39, 0.29) is 17.5 Å². The Morgan fingerprint density at radius 3 is 2.68 bits per heavy atom. The summed E-state index contributed by atoms with van der Waals surface area (Å²) in [5.74, 6) is -0.237. The van der Waals surface area contributed by atoms with E-state index in [2.05, 4.69) is 17.1 Å². The monoisotopic (exact) mass is 407 g/mol. The first-order valence-corrected chi connectivity index (χ1v) is 10.3. The predicted octanol–water partition coefficient (Wildman–Crippen LogP) is 5.48. The van der Waals surface area contributed by atoms with Crippen molar-refractivity contribution >= 4 is 21.7 Å². The molecule has 0 radical (unpaired) electrons. The average Bonchev–Trinajstić information content (AvgIpc) is 3.60. The Morgan fingerprint density at radius 2 is 1.77 bits per heavy atom. The minimum atomic E-state index is -0.436. The van der Waals surface area contributed by atoms with Gasteiger partial charge in [-0.1, -0.05) is 42.5 Å². The van der Waals surface area contributed by atoms with Crippen LogP contribution in [0.15, 0.2) is 90.1 Å². The Kier molecular flexibility index (Phi) is 3.96. The molecule has 2 atom stereocenters. The first-order chi connectivity index (χ1) is 15.2. The Balaban J connectivity index is 1.44. The highest BCUT2D eigenvalue weighted by molar-refractivity contribution is 5.96. The van der Waals surface area contributed by atoms with Crippen LogP contribution in [0.3, 0.4) is 0 Å². The van der Waals surface area contributed by atoms with Gasteiger partial charge in [0.1, 0.15) is 5.82 Å². The van der Waals surface area contributed by atoms with Crippen molar-refractivity contribution in [2.45, 2.75) is 18.4 Å². The SMILES string of the molecule is O=c1c2c(-c3ccncc3F)cccc2ccn1[C@@H]1CC1c1ccc2ccccc2n1. The predicted molar refractivity (Wildman–Crippen MR) is 120 cm³/mol. The lowest BCUT2D eigenvalue weighted by Gasteiger charge is -2.11. The summed E-state index contributed by atoms with van der Waals surface area (Å²) in [6.45, 7) is 0. The quantitative estimate of drug-likeness (QED) is 0.398. The summed E-state index contributed by atoms with van der Waals surface area (Å²) in [6.07, 6.45) is 5.44. The Bertz CT molecular complexity index is 1520. The molecule has 5 heteroatoms. The second-order valence-electron chi connectivity index (χ2n) is 7.99. The van der Waals surface area contributed by atoms with Crippen molar-refractivity contribution in [2.24, 2.45) is 0 Å². The molecule has 0 aliphatic heterocycles. The fourth-order valence-electron chi connectivity index (χ4n) is 4.48. The van der Waals surface area contributed by atoms with Crippen LogP contribution in [0.4, 0.5) is 4.39 Å². The van der Waals surface area contributed by atoms with Gasteiger partial charge in [-0.05, 0) is 41.6 Å². The number of benzene rings is 2. The molecule has 3 aromatic heterocycles. The minimum absolute atomic E-state index is 0.0564. The first kappa shape index (κ1) is 18.0. The number of pyridine rings is 3. The summed E-state index contributed by atoms with van der Waals surface area (Å²) >= 11 is 0. The van der Waals surface area contributed by atoms with Gasteiger partial charge in [-0.2, -0.15) is 0 Å². The van der Waals surface area contributed by atoms with Gasteiger partial charge < -0.3 is 4.57 Å². The van der Waals surface area contributed by atoms with Crippen molar-refractivity contribution in [3.05, 3.63) is 107 Å². The second kappa shape index (κ2) is 6.84. The van der Waals surface area contributed by atoms with Gasteiger partial charge in [-0.15, -0.1) is 0 Å². The molecule has 31 heavy (non-hydrogen) atoms. The van der Waals surface area contributed by atoms with Crippen molar-refractivity contribution in [3.63, 3.8) is 0 Å². The molecule has 1 aliphatic carbocycles. The molecule has 5 aromatic rings. The molecular formula is C26H18FN3O. The van der Waals surface area contributed by atoms with Crippen molar-refractivity contribution in [1.82, 2.24) is 14.5 Å². The normalized spacial score (nSPS) is 17.8. The lowest BCUT2D eigenvalue weighted by atomic mass is 10.00. The fourth-order valence-corrected chi connectivity index (χ4v) is 4.48. The third kappa shape index (κ3) is 2.93. The third-order valence-electron chi connectivity index (χ3n) is 6.14. The first-order valence-electron chi connectivity index (χ1n) is 10.3. The van der Waals surface area contributed by atoms with Crippen LogP contribution in [0, 0.1) is 5.82 Å². The molecule has 3 heterocycles. The van der Waals surface area contributed by atoms with Gasteiger partial charge in [-0.3, -0.25) is 14.8 Å². The van der Waals surface area contributed by atoms with E-state index >= 15 is 0 Å². The maximum absolute atomic E-state index is 14.4. The molecule has 1 fully saturated rings. The molecule has 1 aliphatic rings. The van der Waals surface area contributed by atoms with Crippen molar-refractivity contribution in [3.8, 4) is 11.1 Å². The summed E-state index contributed by atoms with van der Waals surface area (Å²) in [4.78, 5) is 22.1. The van der Waals surface area contributed by atoms with Gasteiger partial charge in [0.2, 0.25) is 0 Å². The van der Waals surface area contributed by atoms with E-state index in [4.69, 9.17) is 4.98 Å². The van der Waals surface area contributed by atoms with Crippen LogP contribution >= 0.6 is 0 Å². The maximum Gasteiger partial charge on any atom is 0.259 e. The molecule has 6 rings (SSSR count). The summed E-state index contributed by atoms with van der Waals surface area (Å²) in [6, 6.07) is 21.3.